The van der Waals surface area contributed by atoms with E-state index in [1.807, 2.05) is 48.5 Å². The summed E-state index contributed by atoms with van der Waals surface area (Å²) in [6, 6.07) is 0. The minimum absolute atomic E-state index is 0.204. The van der Waals surface area contributed by atoms with E-state index in [0.29, 0.717) is 11.4 Å². The SMILES string of the molecule is CC1(C)OB(B2OC(C)(C)C(C)(CCN3C=C(Br)C(O)N3C(F)F)O2)OC1(C)C. The van der Waals surface area contributed by atoms with Gasteiger partial charge in [-0.1, -0.05) is 0 Å². The predicted octanol–water partition coefficient (Wildman–Crippen LogP) is 2.93. The van der Waals surface area contributed by atoms with Crippen LogP contribution in [0.3, 0.4) is 0 Å². The zero-order chi connectivity index (χ0) is 22.0. The monoisotopic (exact) mass is 480 g/mol. The quantitative estimate of drug-likeness (QED) is 0.479. The molecule has 0 amide bonds. The average molecular weight is 481 g/mol. The lowest BCUT2D eigenvalue weighted by atomic mass is 9.49. The van der Waals surface area contributed by atoms with Crippen LogP contribution in [0.5, 0.6) is 0 Å². The summed E-state index contributed by atoms with van der Waals surface area (Å²) >= 11 is 3.12. The first kappa shape index (κ1) is 23.4. The molecule has 2 atom stereocenters. The van der Waals surface area contributed by atoms with Gasteiger partial charge in [-0.25, -0.2) is 0 Å². The second kappa shape index (κ2) is 7.43. The number of aliphatic hydroxyl groups is 1. The molecule has 29 heavy (non-hydrogen) atoms. The highest BCUT2D eigenvalue weighted by Crippen LogP contribution is 2.45. The summed E-state index contributed by atoms with van der Waals surface area (Å²) in [5.41, 5.74) is -2.54. The highest BCUT2D eigenvalue weighted by molar-refractivity contribution is 9.11. The number of nitrogens with zero attached hydrogens (tertiary/aromatic N) is 2. The lowest BCUT2D eigenvalue weighted by molar-refractivity contribution is -0.191. The molecule has 12 heteroatoms. The molecule has 3 aliphatic heterocycles. The fraction of sp³-hybridized carbons (Fsp3) is 0.882. The van der Waals surface area contributed by atoms with E-state index in [4.69, 9.17) is 18.6 Å². The van der Waals surface area contributed by atoms with Gasteiger partial charge in [-0.3, -0.25) is 0 Å². The zero-order valence-electron chi connectivity index (χ0n) is 17.9. The van der Waals surface area contributed by atoms with Crippen molar-refractivity contribution in [1.29, 1.82) is 0 Å². The van der Waals surface area contributed by atoms with Crippen molar-refractivity contribution in [3.8, 4) is 0 Å². The molecule has 0 aliphatic carbocycles. The summed E-state index contributed by atoms with van der Waals surface area (Å²) in [4.78, 5) is 0. The van der Waals surface area contributed by atoms with Crippen molar-refractivity contribution >= 4 is 29.9 Å². The maximum Gasteiger partial charge on any atom is 0.489 e. The fourth-order valence-corrected chi connectivity index (χ4v) is 4.02. The molecule has 2 unspecified atom stereocenters. The van der Waals surface area contributed by atoms with E-state index in [9.17, 15) is 13.9 Å². The van der Waals surface area contributed by atoms with Gasteiger partial charge in [-0.15, -0.1) is 5.01 Å². The molecule has 2 fully saturated rings. The molecule has 0 aromatic heterocycles. The molecule has 3 aliphatic rings. The topological polar surface area (TPSA) is 63.6 Å². The summed E-state index contributed by atoms with van der Waals surface area (Å²) in [6.07, 6.45) is 0.423. The van der Waals surface area contributed by atoms with Gasteiger partial charge in [0.05, 0.1) is 26.9 Å². The number of hydrogen-bond donors (Lipinski definition) is 1. The standard InChI is InChI=1S/C17H29B2BrF2N2O5/c1-14(2)15(3,4)27-18(26-14)19-28-16(5,6)17(7,29-19)8-9-23-10-11(20)12(25)24(23)13(21)22/h10,12-13,25H,8-9H2,1-7H3. The van der Waals surface area contributed by atoms with Crippen molar-refractivity contribution in [1.82, 2.24) is 10.0 Å². The van der Waals surface area contributed by atoms with Crippen LogP contribution in [0.4, 0.5) is 8.78 Å². The summed E-state index contributed by atoms with van der Waals surface area (Å²) in [5.74, 6) is 0. The third-order valence-corrected chi connectivity index (χ3v) is 7.25. The Balaban J connectivity index is 1.70. The van der Waals surface area contributed by atoms with Crippen LogP contribution < -0.4 is 0 Å². The molecule has 3 heterocycles. The molecular weight excluding hydrogens is 452 g/mol. The summed E-state index contributed by atoms with van der Waals surface area (Å²) < 4.78 is 51.5. The van der Waals surface area contributed by atoms with Crippen LogP contribution in [0.2, 0.25) is 0 Å². The Labute approximate surface area is 180 Å². The fourth-order valence-electron chi connectivity index (χ4n) is 3.58. The second-order valence-corrected chi connectivity index (χ2v) is 10.3. The van der Waals surface area contributed by atoms with Gasteiger partial charge in [0.2, 0.25) is 0 Å². The maximum absolute atomic E-state index is 13.4. The van der Waals surface area contributed by atoms with Crippen LogP contribution in [-0.2, 0) is 18.6 Å². The number of alkyl halides is 2. The minimum Gasteiger partial charge on any atom is -0.405 e. The van der Waals surface area contributed by atoms with Gasteiger partial charge in [0.15, 0.2) is 6.23 Å². The molecular formula is C17H29B2BrF2N2O5. The molecule has 7 nitrogen and oxygen atoms in total. The molecule has 0 aromatic rings. The molecule has 0 bridgehead atoms. The van der Waals surface area contributed by atoms with E-state index >= 15 is 0 Å². The average Bonchev–Trinajstić information content (AvgIpc) is 3.06. The number of aliphatic hydroxyl groups excluding tert-OH is 1. The van der Waals surface area contributed by atoms with Gasteiger partial charge < -0.3 is 28.7 Å². The Morgan fingerprint density at radius 1 is 1.00 bits per heavy atom. The highest BCUT2D eigenvalue weighted by Gasteiger charge is 2.64. The van der Waals surface area contributed by atoms with E-state index in [2.05, 4.69) is 15.9 Å². The van der Waals surface area contributed by atoms with Crippen molar-refractivity contribution in [2.24, 2.45) is 0 Å². The van der Waals surface area contributed by atoms with Gasteiger partial charge in [0.1, 0.15) is 0 Å². The van der Waals surface area contributed by atoms with E-state index in [-0.39, 0.29) is 11.0 Å². The maximum atomic E-state index is 13.4. The lowest BCUT2D eigenvalue weighted by Gasteiger charge is -2.39. The van der Waals surface area contributed by atoms with Crippen molar-refractivity contribution in [3.63, 3.8) is 0 Å². The third-order valence-electron chi connectivity index (χ3n) is 6.64. The van der Waals surface area contributed by atoms with Gasteiger partial charge >= 0.3 is 20.6 Å². The number of hydrazine groups is 1. The van der Waals surface area contributed by atoms with Gasteiger partial charge in [-0.05, 0) is 70.8 Å². The van der Waals surface area contributed by atoms with Crippen molar-refractivity contribution in [2.75, 3.05) is 6.54 Å². The molecule has 0 saturated carbocycles. The van der Waals surface area contributed by atoms with E-state index in [1.54, 1.807) is 0 Å². The first-order chi connectivity index (χ1) is 13.1. The lowest BCUT2D eigenvalue weighted by Crippen LogP contribution is -2.50. The Kier molecular flexibility index (Phi) is 6.00. The van der Waals surface area contributed by atoms with E-state index in [1.165, 1.54) is 11.2 Å². The first-order valence-corrected chi connectivity index (χ1v) is 10.5. The molecule has 0 radical (unpaired) electrons. The molecule has 0 spiro atoms. The van der Waals surface area contributed by atoms with Crippen LogP contribution in [-0.4, -0.2) is 70.9 Å². The van der Waals surface area contributed by atoms with Gasteiger partial charge in [0, 0.05) is 12.7 Å². The summed E-state index contributed by atoms with van der Waals surface area (Å²) in [6.45, 7) is 10.9. The smallest absolute Gasteiger partial charge is 0.405 e. The van der Waals surface area contributed by atoms with Gasteiger partial charge in [-0.2, -0.15) is 8.78 Å². The zero-order valence-corrected chi connectivity index (χ0v) is 19.5. The van der Waals surface area contributed by atoms with Crippen molar-refractivity contribution in [3.05, 3.63) is 10.7 Å². The second-order valence-electron chi connectivity index (χ2n) is 9.43. The summed E-state index contributed by atoms with van der Waals surface area (Å²) in [7, 11) is -1.44. The Morgan fingerprint density at radius 3 is 2.00 bits per heavy atom. The predicted molar refractivity (Wildman–Crippen MR) is 109 cm³/mol. The Morgan fingerprint density at radius 2 is 1.48 bits per heavy atom. The highest BCUT2D eigenvalue weighted by atomic mass is 79.9. The van der Waals surface area contributed by atoms with Crippen LogP contribution in [0, 0.1) is 0 Å². The van der Waals surface area contributed by atoms with Crippen molar-refractivity contribution < 1.29 is 32.5 Å². The van der Waals surface area contributed by atoms with Crippen LogP contribution in [0.25, 0.3) is 0 Å². The molecule has 0 aromatic carbocycles. The number of halogens is 3. The Bertz CT molecular complexity index is 668. The normalized spacial score (nSPS) is 33.9. The molecule has 1 N–H and O–H groups in total. The Hall–Kier alpha value is -0.230. The largest absolute Gasteiger partial charge is 0.489 e. The van der Waals surface area contributed by atoms with E-state index in [0.717, 1.165) is 0 Å². The van der Waals surface area contributed by atoms with Crippen LogP contribution >= 0.6 is 15.9 Å². The molecule has 2 saturated heterocycles. The van der Waals surface area contributed by atoms with Crippen LogP contribution in [0.15, 0.2) is 10.7 Å². The van der Waals surface area contributed by atoms with Crippen LogP contribution in [0.1, 0.15) is 54.9 Å². The number of hydrogen-bond acceptors (Lipinski definition) is 7. The molecule has 164 valence electrons. The minimum atomic E-state index is -2.84. The first-order valence-electron chi connectivity index (χ1n) is 9.70. The summed E-state index contributed by atoms with van der Waals surface area (Å²) in [5, 5.41) is 11.9. The van der Waals surface area contributed by atoms with E-state index < -0.39 is 49.2 Å². The van der Waals surface area contributed by atoms with Crippen molar-refractivity contribution in [2.45, 2.75) is 90.1 Å². The van der Waals surface area contributed by atoms with Gasteiger partial charge in [0.25, 0.3) is 0 Å². The third kappa shape index (κ3) is 4.02. The number of rotatable bonds is 5. The molecule has 3 rings (SSSR count).